The summed E-state index contributed by atoms with van der Waals surface area (Å²) < 4.78 is 2.10. The Hall–Kier alpha value is -0.830. The van der Waals surface area contributed by atoms with E-state index in [0.717, 1.165) is 25.0 Å². The molecule has 0 saturated heterocycles. The first kappa shape index (κ1) is 9.40. The normalized spacial score (nSPS) is 20.8. The largest absolute Gasteiger partial charge is 0.310 e. The average molecular weight is 205 g/mol. The van der Waals surface area contributed by atoms with Crippen molar-refractivity contribution in [3.63, 3.8) is 0 Å². The maximum Gasteiger partial charge on any atom is 0.0534 e. The van der Waals surface area contributed by atoms with Crippen LogP contribution < -0.4 is 5.32 Å². The molecule has 0 atom stereocenters. The standard InChI is InChI=1S/C12H19N3/c1-2-10(1)5-6-15-9-11(8-14-15)7-13-12-3-4-12/h8-10,12-13H,1-7H2. The molecule has 1 N–H and O–H groups in total. The zero-order valence-electron chi connectivity index (χ0n) is 9.15. The lowest BCUT2D eigenvalue weighted by molar-refractivity contribution is 0.546. The third-order valence-electron chi connectivity index (χ3n) is 3.32. The number of nitrogens with one attached hydrogen (secondary N) is 1. The zero-order chi connectivity index (χ0) is 10.1. The first-order valence-electron chi connectivity index (χ1n) is 6.15. The van der Waals surface area contributed by atoms with Crippen molar-refractivity contribution in [2.24, 2.45) is 5.92 Å². The molecule has 1 heterocycles. The minimum atomic E-state index is 0.791. The molecule has 0 aromatic carbocycles. The van der Waals surface area contributed by atoms with Crippen LogP contribution in [0.3, 0.4) is 0 Å². The highest BCUT2D eigenvalue weighted by Gasteiger charge is 2.21. The van der Waals surface area contributed by atoms with Crippen molar-refractivity contribution in [1.29, 1.82) is 0 Å². The molecule has 0 unspecified atom stereocenters. The topological polar surface area (TPSA) is 29.9 Å². The average Bonchev–Trinajstić information content (AvgIpc) is 3.14. The summed E-state index contributed by atoms with van der Waals surface area (Å²) >= 11 is 0. The Kier molecular flexibility index (Phi) is 2.49. The van der Waals surface area contributed by atoms with E-state index in [1.807, 2.05) is 6.20 Å². The lowest BCUT2D eigenvalue weighted by Gasteiger charge is -1.99. The maximum atomic E-state index is 4.39. The Morgan fingerprint density at radius 2 is 2.20 bits per heavy atom. The van der Waals surface area contributed by atoms with Crippen LogP contribution in [0.5, 0.6) is 0 Å². The maximum absolute atomic E-state index is 4.39. The molecule has 3 nitrogen and oxygen atoms in total. The van der Waals surface area contributed by atoms with Gasteiger partial charge in [0.1, 0.15) is 0 Å². The molecule has 2 aliphatic rings. The van der Waals surface area contributed by atoms with Crippen LogP contribution in [0.1, 0.15) is 37.7 Å². The van der Waals surface area contributed by atoms with Gasteiger partial charge < -0.3 is 5.32 Å². The Bertz CT molecular complexity index is 293. The van der Waals surface area contributed by atoms with E-state index in [1.54, 1.807) is 0 Å². The van der Waals surface area contributed by atoms with E-state index < -0.39 is 0 Å². The Balaban J connectivity index is 1.45. The van der Waals surface area contributed by atoms with Crippen molar-refractivity contribution in [1.82, 2.24) is 15.1 Å². The summed E-state index contributed by atoms with van der Waals surface area (Å²) in [6.45, 7) is 2.10. The van der Waals surface area contributed by atoms with Gasteiger partial charge in [0.25, 0.3) is 0 Å². The monoisotopic (exact) mass is 205 g/mol. The number of hydrogen-bond acceptors (Lipinski definition) is 2. The summed E-state index contributed by atoms with van der Waals surface area (Å²) in [7, 11) is 0. The number of aromatic nitrogens is 2. The highest BCUT2D eigenvalue weighted by atomic mass is 15.3. The summed E-state index contributed by atoms with van der Waals surface area (Å²) in [5.74, 6) is 1.00. The summed E-state index contributed by atoms with van der Waals surface area (Å²) in [5.41, 5.74) is 1.33. The lowest BCUT2D eigenvalue weighted by Crippen LogP contribution is -2.14. The molecule has 82 valence electrons. The molecular weight excluding hydrogens is 186 g/mol. The van der Waals surface area contributed by atoms with Gasteiger partial charge >= 0.3 is 0 Å². The van der Waals surface area contributed by atoms with Crippen molar-refractivity contribution >= 4 is 0 Å². The number of aryl methyl sites for hydroxylation is 1. The first-order chi connectivity index (χ1) is 7.40. The molecule has 0 bridgehead atoms. The van der Waals surface area contributed by atoms with Crippen LogP contribution in [0, 0.1) is 5.92 Å². The quantitative estimate of drug-likeness (QED) is 0.769. The number of nitrogens with zero attached hydrogens (tertiary/aromatic N) is 2. The molecule has 3 rings (SSSR count). The van der Waals surface area contributed by atoms with E-state index in [2.05, 4.69) is 21.3 Å². The van der Waals surface area contributed by atoms with Crippen LogP contribution >= 0.6 is 0 Å². The van der Waals surface area contributed by atoms with Gasteiger partial charge in [-0.3, -0.25) is 4.68 Å². The molecule has 2 aliphatic carbocycles. The number of hydrogen-bond donors (Lipinski definition) is 1. The fourth-order valence-electron chi connectivity index (χ4n) is 1.89. The summed E-state index contributed by atoms with van der Waals surface area (Å²) in [6, 6.07) is 0.791. The molecule has 0 radical (unpaired) electrons. The minimum absolute atomic E-state index is 0.791. The third-order valence-corrected chi connectivity index (χ3v) is 3.32. The second kappa shape index (κ2) is 3.97. The summed E-state index contributed by atoms with van der Waals surface area (Å²) in [5, 5.41) is 7.90. The van der Waals surface area contributed by atoms with Gasteiger partial charge in [0.2, 0.25) is 0 Å². The van der Waals surface area contributed by atoms with Gasteiger partial charge in [0, 0.05) is 30.9 Å². The molecule has 1 aromatic heterocycles. The summed E-state index contributed by atoms with van der Waals surface area (Å²) in [6.07, 6.45) is 11.1. The van der Waals surface area contributed by atoms with Crippen LogP contribution in [0.2, 0.25) is 0 Å². The van der Waals surface area contributed by atoms with E-state index in [4.69, 9.17) is 0 Å². The molecule has 15 heavy (non-hydrogen) atoms. The van der Waals surface area contributed by atoms with Crippen molar-refractivity contribution < 1.29 is 0 Å². The molecule has 0 spiro atoms. The van der Waals surface area contributed by atoms with Crippen LogP contribution in [0.25, 0.3) is 0 Å². The summed E-state index contributed by atoms with van der Waals surface area (Å²) in [4.78, 5) is 0. The van der Waals surface area contributed by atoms with Crippen molar-refractivity contribution in [3.8, 4) is 0 Å². The van der Waals surface area contributed by atoms with E-state index in [0.29, 0.717) is 0 Å². The van der Waals surface area contributed by atoms with E-state index in [-0.39, 0.29) is 0 Å². The number of rotatable bonds is 6. The second-order valence-electron chi connectivity index (χ2n) is 5.00. The molecule has 3 heteroatoms. The van der Waals surface area contributed by atoms with E-state index in [9.17, 15) is 0 Å². The molecular formula is C12H19N3. The second-order valence-corrected chi connectivity index (χ2v) is 5.00. The van der Waals surface area contributed by atoms with Crippen LogP contribution in [-0.4, -0.2) is 15.8 Å². The van der Waals surface area contributed by atoms with E-state index >= 15 is 0 Å². The zero-order valence-corrected chi connectivity index (χ0v) is 9.15. The van der Waals surface area contributed by atoms with Gasteiger partial charge in [-0.2, -0.15) is 5.10 Å². The van der Waals surface area contributed by atoms with Gasteiger partial charge in [-0.1, -0.05) is 12.8 Å². The molecule has 0 aliphatic heterocycles. The van der Waals surface area contributed by atoms with Crippen molar-refractivity contribution in [3.05, 3.63) is 18.0 Å². The Morgan fingerprint density at radius 3 is 2.93 bits per heavy atom. The first-order valence-corrected chi connectivity index (χ1v) is 6.15. The highest BCUT2D eigenvalue weighted by Crippen LogP contribution is 2.32. The fourth-order valence-corrected chi connectivity index (χ4v) is 1.89. The van der Waals surface area contributed by atoms with Crippen molar-refractivity contribution in [2.75, 3.05) is 0 Å². The molecule has 1 aromatic rings. The lowest BCUT2D eigenvalue weighted by atomic mass is 10.3. The van der Waals surface area contributed by atoms with Crippen LogP contribution in [0.4, 0.5) is 0 Å². The van der Waals surface area contributed by atoms with Gasteiger partial charge in [-0.15, -0.1) is 0 Å². The minimum Gasteiger partial charge on any atom is -0.310 e. The predicted octanol–water partition coefficient (Wildman–Crippen LogP) is 1.94. The fraction of sp³-hybridized carbons (Fsp3) is 0.750. The van der Waals surface area contributed by atoms with Crippen molar-refractivity contribution in [2.45, 2.75) is 51.2 Å². The van der Waals surface area contributed by atoms with Crippen LogP contribution in [0.15, 0.2) is 12.4 Å². The third kappa shape index (κ3) is 2.81. The van der Waals surface area contributed by atoms with E-state index in [1.165, 1.54) is 37.7 Å². The van der Waals surface area contributed by atoms with Gasteiger partial charge in [-0.05, 0) is 25.2 Å². The Labute approximate surface area is 90.9 Å². The van der Waals surface area contributed by atoms with Gasteiger partial charge in [-0.25, -0.2) is 0 Å². The van der Waals surface area contributed by atoms with Crippen LogP contribution in [-0.2, 0) is 13.1 Å². The van der Waals surface area contributed by atoms with Gasteiger partial charge in [0.15, 0.2) is 0 Å². The SMILES string of the molecule is c1nn(CCC2CC2)cc1CNC1CC1. The van der Waals surface area contributed by atoms with Gasteiger partial charge in [0.05, 0.1) is 6.20 Å². The molecule has 0 amide bonds. The molecule has 2 saturated carbocycles. The Morgan fingerprint density at radius 1 is 1.33 bits per heavy atom. The molecule has 2 fully saturated rings. The highest BCUT2D eigenvalue weighted by molar-refractivity contribution is 5.04. The smallest absolute Gasteiger partial charge is 0.0534 e. The predicted molar refractivity (Wildman–Crippen MR) is 59.4 cm³/mol.